The van der Waals surface area contributed by atoms with Crippen molar-refractivity contribution in [2.45, 2.75) is 55.7 Å². The number of nitrogens with one attached hydrogen (secondary N) is 1. The van der Waals surface area contributed by atoms with Gasteiger partial charge in [-0.25, -0.2) is 4.98 Å². The van der Waals surface area contributed by atoms with E-state index in [1.165, 1.54) is 19.3 Å². The minimum atomic E-state index is -0.237. The molecule has 2 heterocycles. The van der Waals surface area contributed by atoms with Crippen molar-refractivity contribution in [1.82, 2.24) is 4.98 Å². The second-order valence-electron chi connectivity index (χ2n) is 9.94. The van der Waals surface area contributed by atoms with Crippen LogP contribution in [0, 0.1) is 23.2 Å². The van der Waals surface area contributed by atoms with Gasteiger partial charge >= 0.3 is 0 Å². The topological polar surface area (TPSA) is 88.3 Å². The lowest BCUT2D eigenvalue weighted by Gasteiger charge is -2.59. The smallest absolute Gasteiger partial charge is 0.230 e. The van der Waals surface area contributed by atoms with Crippen molar-refractivity contribution >= 4 is 39.2 Å². The molecule has 4 bridgehead atoms. The Morgan fingerprint density at radius 3 is 2.59 bits per heavy atom. The summed E-state index contributed by atoms with van der Waals surface area (Å²) < 4.78 is 0.168. The van der Waals surface area contributed by atoms with Gasteiger partial charge in [0.15, 0.2) is 0 Å². The number of carbonyl (C=O) groups excluding carboxylic acids is 2. The summed E-state index contributed by atoms with van der Waals surface area (Å²) >= 11 is 3.98. The van der Waals surface area contributed by atoms with Gasteiger partial charge in [0.1, 0.15) is 5.82 Å². The maximum Gasteiger partial charge on any atom is 0.230 e. The van der Waals surface area contributed by atoms with E-state index in [4.69, 9.17) is 5.73 Å². The highest BCUT2D eigenvalue weighted by Crippen LogP contribution is 2.64. The second-order valence-corrected chi connectivity index (χ2v) is 11.6. The normalized spacial score (nSPS) is 38.1. The lowest BCUT2D eigenvalue weighted by atomic mass is 9.49. The summed E-state index contributed by atoms with van der Waals surface area (Å²) in [4.78, 5) is 31.5. The minimum Gasteiger partial charge on any atom is -0.369 e. The van der Waals surface area contributed by atoms with Crippen LogP contribution in [0.5, 0.6) is 0 Å². The van der Waals surface area contributed by atoms with Crippen molar-refractivity contribution < 1.29 is 9.59 Å². The van der Waals surface area contributed by atoms with Crippen LogP contribution in [0.4, 0.5) is 11.5 Å². The fraction of sp³-hybridized carbons (Fsp3) is 0.682. The Balaban J connectivity index is 1.27. The zero-order valence-corrected chi connectivity index (χ0v) is 18.3. The van der Waals surface area contributed by atoms with Gasteiger partial charge in [0.25, 0.3) is 0 Å². The number of hydrogen-bond donors (Lipinski definition) is 2. The van der Waals surface area contributed by atoms with E-state index in [2.05, 4.69) is 31.1 Å². The van der Waals surface area contributed by atoms with Gasteiger partial charge in [0.2, 0.25) is 11.8 Å². The van der Waals surface area contributed by atoms with Crippen molar-refractivity contribution in [2.24, 2.45) is 28.9 Å². The first-order chi connectivity index (χ1) is 13.8. The van der Waals surface area contributed by atoms with Gasteiger partial charge in [0, 0.05) is 17.4 Å². The highest BCUT2D eigenvalue weighted by molar-refractivity contribution is 9.10. The van der Waals surface area contributed by atoms with Crippen molar-refractivity contribution in [3.05, 3.63) is 18.3 Å². The number of pyridine rings is 1. The molecule has 3 N–H and O–H groups in total. The van der Waals surface area contributed by atoms with Crippen LogP contribution in [0.1, 0.15) is 51.4 Å². The van der Waals surface area contributed by atoms with Crippen LogP contribution in [0.25, 0.3) is 0 Å². The van der Waals surface area contributed by atoms with Gasteiger partial charge < -0.3 is 16.0 Å². The maximum atomic E-state index is 13.3. The summed E-state index contributed by atoms with van der Waals surface area (Å²) in [5.41, 5.74) is 6.01. The van der Waals surface area contributed by atoms with Crippen molar-refractivity contribution in [3.63, 3.8) is 0 Å². The number of aromatic nitrogens is 1. The zero-order chi connectivity index (χ0) is 20.2. The Hall–Kier alpha value is -1.63. The predicted octanol–water partition coefficient (Wildman–Crippen LogP) is 3.46. The number of hydrogen-bond acceptors (Lipinski definition) is 4. The molecular formula is C22H29BrN4O2. The molecule has 6 nitrogen and oxygen atoms in total. The van der Waals surface area contributed by atoms with Gasteiger partial charge in [-0.15, -0.1) is 0 Å². The van der Waals surface area contributed by atoms with Gasteiger partial charge in [-0.2, -0.15) is 0 Å². The van der Waals surface area contributed by atoms with Crippen LogP contribution in [0.15, 0.2) is 18.3 Å². The van der Waals surface area contributed by atoms with Crippen LogP contribution < -0.4 is 16.0 Å². The van der Waals surface area contributed by atoms with E-state index in [9.17, 15) is 9.59 Å². The van der Waals surface area contributed by atoms with Crippen molar-refractivity contribution in [1.29, 1.82) is 0 Å². The van der Waals surface area contributed by atoms with E-state index in [1.54, 1.807) is 6.20 Å². The average Bonchev–Trinajstić information content (AvgIpc) is 2.67. The van der Waals surface area contributed by atoms with E-state index in [0.717, 1.165) is 50.2 Å². The molecule has 5 fully saturated rings. The van der Waals surface area contributed by atoms with Crippen molar-refractivity contribution in [3.8, 4) is 0 Å². The average molecular weight is 461 g/mol. The Labute approximate surface area is 180 Å². The number of nitrogens with two attached hydrogens (primary N) is 1. The van der Waals surface area contributed by atoms with Crippen LogP contribution in [-0.4, -0.2) is 34.2 Å². The Bertz CT molecular complexity index is 813. The summed E-state index contributed by atoms with van der Waals surface area (Å²) in [5.74, 6) is 2.01. The number of carbonyl (C=O) groups is 2. The first-order valence-corrected chi connectivity index (χ1v) is 11.6. The molecule has 156 valence electrons. The molecule has 4 aliphatic carbocycles. The van der Waals surface area contributed by atoms with Gasteiger partial charge in [0.05, 0.1) is 23.2 Å². The first-order valence-electron chi connectivity index (χ1n) is 10.8. The fourth-order valence-corrected chi connectivity index (χ4v) is 8.20. The number of amides is 2. The molecule has 1 saturated heterocycles. The molecule has 29 heavy (non-hydrogen) atoms. The van der Waals surface area contributed by atoms with E-state index >= 15 is 0 Å². The highest BCUT2D eigenvalue weighted by Gasteiger charge is 2.59. The molecule has 5 aliphatic rings. The van der Waals surface area contributed by atoms with E-state index < -0.39 is 0 Å². The Morgan fingerprint density at radius 2 is 1.97 bits per heavy atom. The van der Waals surface area contributed by atoms with Gasteiger partial charge in [-0.3, -0.25) is 9.59 Å². The monoisotopic (exact) mass is 460 g/mol. The molecule has 2 amide bonds. The van der Waals surface area contributed by atoms with Crippen LogP contribution >= 0.6 is 15.9 Å². The summed E-state index contributed by atoms with van der Waals surface area (Å²) in [6.07, 6.45) is 10.3. The van der Waals surface area contributed by atoms with Gasteiger partial charge in [-0.05, 0) is 75.3 Å². The van der Waals surface area contributed by atoms with E-state index in [-0.39, 0.29) is 27.5 Å². The molecule has 3 unspecified atom stereocenters. The molecule has 4 saturated carbocycles. The van der Waals surface area contributed by atoms with Gasteiger partial charge in [-0.1, -0.05) is 15.9 Å². The third-order valence-corrected chi connectivity index (χ3v) is 8.55. The molecule has 0 aromatic carbocycles. The summed E-state index contributed by atoms with van der Waals surface area (Å²) in [5, 5.41) is 3.16. The number of alkyl halides is 1. The fourth-order valence-electron chi connectivity index (χ4n) is 6.74. The molecule has 7 heteroatoms. The summed E-state index contributed by atoms with van der Waals surface area (Å²) in [7, 11) is 0. The number of halogens is 1. The molecular weight excluding hydrogens is 432 g/mol. The molecule has 1 aliphatic heterocycles. The number of nitrogens with zero attached hydrogens (tertiary/aromatic N) is 2. The number of rotatable bonds is 4. The number of anilines is 2. The highest BCUT2D eigenvalue weighted by atomic mass is 79.9. The molecule has 1 aromatic rings. The first kappa shape index (κ1) is 19.3. The predicted molar refractivity (Wildman–Crippen MR) is 116 cm³/mol. The molecule has 0 spiro atoms. The molecule has 1 aromatic heterocycles. The van der Waals surface area contributed by atoms with E-state index in [0.29, 0.717) is 18.4 Å². The third-order valence-electron chi connectivity index (χ3n) is 7.62. The maximum absolute atomic E-state index is 13.3. The lowest BCUT2D eigenvalue weighted by Crippen LogP contribution is -2.57. The molecule has 6 rings (SSSR count). The molecule has 3 atom stereocenters. The van der Waals surface area contributed by atoms with Crippen LogP contribution in [0.3, 0.4) is 0 Å². The standard InChI is InChI=1S/C22H29BrN4O2/c23-22-9-14-6-15(10-22)8-21(7-14,13-22)20(29)26-17-3-4-18(25-11-17)27-5-1-2-16(12-27)19(24)28/h3-4,11,14-16H,1-2,5-10,12-13H2,(H2,24,28)(H,26,29). The Morgan fingerprint density at radius 1 is 1.21 bits per heavy atom. The second kappa shape index (κ2) is 6.96. The SMILES string of the molecule is NC(=O)C1CCCN(c2ccc(NC(=O)C34CC5CC(CC(Br)(C5)C3)C4)cn2)C1. The number of piperidine rings is 1. The van der Waals surface area contributed by atoms with Crippen LogP contribution in [0.2, 0.25) is 0 Å². The summed E-state index contributed by atoms with van der Waals surface area (Å²) in [6, 6.07) is 3.86. The lowest BCUT2D eigenvalue weighted by molar-refractivity contribution is -0.138. The van der Waals surface area contributed by atoms with E-state index in [1.807, 2.05) is 12.1 Å². The third kappa shape index (κ3) is 3.56. The largest absolute Gasteiger partial charge is 0.369 e. The quantitative estimate of drug-likeness (QED) is 0.673. The minimum absolute atomic E-state index is 0.113. The molecule has 0 radical (unpaired) electrons. The summed E-state index contributed by atoms with van der Waals surface area (Å²) in [6.45, 7) is 1.50. The Kier molecular flexibility index (Phi) is 4.64. The zero-order valence-electron chi connectivity index (χ0n) is 16.7. The van der Waals surface area contributed by atoms with Crippen LogP contribution in [-0.2, 0) is 9.59 Å². The van der Waals surface area contributed by atoms with Crippen molar-refractivity contribution in [2.75, 3.05) is 23.3 Å². The number of primary amides is 1.